The number of hydrogen-bond donors (Lipinski definition) is 1. The lowest BCUT2D eigenvalue weighted by molar-refractivity contribution is -0.133. The van der Waals surface area contributed by atoms with Crippen LogP contribution in [-0.2, 0) is 17.9 Å². The largest absolute Gasteiger partial charge is 0.351 e. The molecule has 156 valence electrons. The van der Waals surface area contributed by atoms with Gasteiger partial charge in [-0.2, -0.15) is 0 Å². The molecule has 1 N–H and O–H groups in total. The molecule has 3 heterocycles. The summed E-state index contributed by atoms with van der Waals surface area (Å²) in [5.74, 6) is -0.116. The predicted molar refractivity (Wildman–Crippen MR) is 120 cm³/mol. The Hall–Kier alpha value is -2.60. The number of nitrogens with one attached hydrogen (secondary N) is 1. The van der Waals surface area contributed by atoms with Crippen LogP contribution < -0.4 is 5.32 Å². The Kier molecular flexibility index (Phi) is 4.69. The molecular formula is C24H27N3O2S. The first-order valence-corrected chi connectivity index (χ1v) is 11.6. The third kappa shape index (κ3) is 3.14. The fourth-order valence-electron chi connectivity index (χ4n) is 4.91. The fourth-order valence-corrected chi connectivity index (χ4v) is 5.81. The molecule has 0 unspecified atom stereocenters. The number of rotatable bonds is 4. The number of benzene rings is 1. The van der Waals surface area contributed by atoms with E-state index in [9.17, 15) is 9.59 Å². The second-order valence-electron chi connectivity index (χ2n) is 8.91. The highest BCUT2D eigenvalue weighted by Crippen LogP contribution is 2.35. The van der Waals surface area contributed by atoms with Crippen LogP contribution in [0.4, 0.5) is 0 Å². The number of nitrogens with zero attached hydrogens (tertiary/aromatic N) is 2. The maximum atomic E-state index is 13.7. The van der Waals surface area contributed by atoms with Gasteiger partial charge >= 0.3 is 0 Å². The van der Waals surface area contributed by atoms with Crippen LogP contribution in [-0.4, -0.2) is 32.9 Å². The molecule has 3 aromatic rings. The monoisotopic (exact) mass is 421 g/mol. The van der Waals surface area contributed by atoms with Crippen LogP contribution in [0.5, 0.6) is 0 Å². The van der Waals surface area contributed by atoms with Crippen molar-refractivity contribution in [3.63, 3.8) is 0 Å². The Labute approximate surface area is 180 Å². The third-order valence-electron chi connectivity index (χ3n) is 6.63. The number of fused-ring (bicyclic) bond motifs is 3. The summed E-state index contributed by atoms with van der Waals surface area (Å²) in [7, 11) is 0. The molecule has 1 saturated carbocycles. The average Bonchev–Trinajstić information content (AvgIpc) is 3.44. The molecule has 30 heavy (non-hydrogen) atoms. The molecule has 1 aromatic carbocycles. The Morgan fingerprint density at radius 2 is 2.03 bits per heavy atom. The highest BCUT2D eigenvalue weighted by molar-refractivity contribution is 7.16. The minimum Gasteiger partial charge on any atom is -0.351 e. The summed E-state index contributed by atoms with van der Waals surface area (Å²) >= 11 is 1.62. The number of aromatic nitrogens is 1. The van der Waals surface area contributed by atoms with E-state index < -0.39 is 5.54 Å². The quantitative estimate of drug-likeness (QED) is 0.675. The average molecular weight is 422 g/mol. The van der Waals surface area contributed by atoms with Crippen molar-refractivity contribution < 1.29 is 9.59 Å². The van der Waals surface area contributed by atoms with Crippen LogP contribution in [0.1, 0.15) is 54.2 Å². The van der Waals surface area contributed by atoms with Gasteiger partial charge in [-0.1, -0.05) is 42.7 Å². The third-order valence-corrected chi connectivity index (χ3v) is 7.58. The predicted octanol–water partition coefficient (Wildman–Crippen LogP) is 4.48. The van der Waals surface area contributed by atoms with Crippen molar-refractivity contribution >= 4 is 33.4 Å². The Bertz CT molecular complexity index is 1120. The van der Waals surface area contributed by atoms with Gasteiger partial charge in [-0.25, -0.2) is 0 Å². The highest BCUT2D eigenvalue weighted by atomic mass is 32.1. The molecular weight excluding hydrogens is 394 g/mol. The van der Waals surface area contributed by atoms with Gasteiger partial charge in [-0.3, -0.25) is 9.59 Å². The van der Waals surface area contributed by atoms with E-state index in [0.29, 0.717) is 18.8 Å². The molecule has 1 fully saturated rings. The molecule has 2 aliphatic rings. The first-order valence-electron chi connectivity index (χ1n) is 10.7. The molecule has 1 aliphatic heterocycles. The van der Waals surface area contributed by atoms with E-state index in [1.54, 1.807) is 16.2 Å². The smallest absolute Gasteiger partial charge is 0.271 e. The zero-order chi connectivity index (χ0) is 20.9. The molecule has 0 radical (unpaired) electrons. The molecule has 0 saturated heterocycles. The topological polar surface area (TPSA) is 54.3 Å². The Balaban J connectivity index is 1.55. The van der Waals surface area contributed by atoms with Gasteiger partial charge in [-0.15, -0.1) is 11.3 Å². The standard InChI is InChI=1S/C24H27N3O2S/c1-16-6-5-7-17(12-16)14-27-21(28)20-13-18-10-11-30-22(18)26(20)15-24(27,2)23(29)25-19-8-3-4-9-19/h5-7,10-13,19H,3-4,8-9,14-15H2,1-2H3,(H,25,29)/t24-/m1/s1. The van der Waals surface area contributed by atoms with Crippen LogP contribution in [0.25, 0.3) is 10.2 Å². The van der Waals surface area contributed by atoms with Crippen molar-refractivity contribution in [3.05, 3.63) is 58.6 Å². The van der Waals surface area contributed by atoms with Crippen LogP contribution >= 0.6 is 11.3 Å². The summed E-state index contributed by atoms with van der Waals surface area (Å²) in [5.41, 5.74) is 1.94. The van der Waals surface area contributed by atoms with Gasteiger partial charge in [0.15, 0.2) is 0 Å². The molecule has 1 aliphatic carbocycles. The lowest BCUT2D eigenvalue weighted by Crippen LogP contribution is -2.64. The summed E-state index contributed by atoms with van der Waals surface area (Å²) in [6.07, 6.45) is 4.37. The van der Waals surface area contributed by atoms with E-state index in [-0.39, 0.29) is 17.9 Å². The van der Waals surface area contributed by atoms with Gasteiger partial charge < -0.3 is 14.8 Å². The summed E-state index contributed by atoms with van der Waals surface area (Å²) in [6.45, 7) is 4.87. The van der Waals surface area contributed by atoms with Gasteiger partial charge in [0, 0.05) is 18.0 Å². The molecule has 0 spiro atoms. The van der Waals surface area contributed by atoms with Crippen molar-refractivity contribution in [2.24, 2.45) is 0 Å². The summed E-state index contributed by atoms with van der Waals surface area (Å²) < 4.78 is 2.04. The molecule has 6 heteroatoms. The van der Waals surface area contributed by atoms with E-state index in [4.69, 9.17) is 0 Å². The van der Waals surface area contributed by atoms with Gasteiger partial charge in [-0.05, 0) is 49.8 Å². The second kappa shape index (κ2) is 7.27. The normalized spacial score (nSPS) is 21.9. The SMILES string of the molecule is Cc1cccc(CN2C(=O)c3cc4ccsc4n3C[C@]2(C)C(=O)NC2CCCC2)c1. The van der Waals surface area contributed by atoms with Crippen LogP contribution in [0.15, 0.2) is 41.8 Å². The van der Waals surface area contributed by atoms with Crippen LogP contribution in [0.3, 0.4) is 0 Å². The summed E-state index contributed by atoms with van der Waals surface area (Å²) in [5, 5.41) is 6.37. The lowest BCUT2D eigenvalue weighted by atomic mass is 9.93. The number of hydrogen-bond acceptors (Lipinski definition) is 3. The number of aryl methyl sites for hydroxylation is 1. The number of amides is 2. The van der Waals surface area contributed by atoms with E-state index in [0.717, 1.165) is 47.0 Å². The highest BCUT2D eigenvalue weighted by Gasteiger charge is 2.48. The zero-order valence-electron chi connectivity index (χ0n) is 17.5. The van der Waals surface area contributed by atoms with Crippen molar-refractivity contribution in [3.8, 4) is 0 Å². The number of carbonyl (C=O) groups excluding carboxylic acids is 2. The molecule has 2 amide bonds. The van der Waals surface area contributed by atoms with Gasteiger partial charge in [0.2, 0.25) is 5.91 Å². The molecule has 5 rings (SSSR count). The molecule has 5 nitrogen and oxygen atoms in total. The number of carbonyl (C=O) groups is 2. The Morgan fingerprint density at radius 3 is 2.80 bits per heavy atom. The molecule has 2 aromatic heterocycles. The number of thiophene rings is 1. The van der Waals surface area contributed by atoms with Crippen molar-refractivity contribution in [2.75, 3.05) is 0 Å². The van der Waals surface area contributed by atoms with Crippen molar-refractivity contribution in [1.29, 1.82) is 0 Å². The van der Waals surface area contributed by atoms with Crippen LogP contribution in [0, 0.1) is 6.92 Å². The lowest BCUT2D eigenvalue weighted by Gasteiger charge is -2.44. The minimum absolute atomic E-state index is 0.0422. The second-order valence-corrected chi connectivity index (χ2v) is 9.80. The summed E-state index contributed by atoms with van der Waals surface area (Å²) in [4.78, 5) is 30.1. The molecule has 1 atom stereocenters. The molecule has 0 bridgehead atoms. The zero-order valence-corrected chi connectivity index (χ0v) is 18.3. The first-order chi connectivity index (χ1) is 14.5. The van der Waals surface area contributed by atoms with Gasteiger partial charge in [0.25, 0.3) is 5.91 Å². The van der Waals surface area contributed by atoms with E-state index >= 15 is 0 Å². The van der Waals surface area contributed by atoms with Crippen molar-refractivity contribution in [2.45, 2.75) is 64.2 Å². The van der Waals surface area contributed by atoms with Gasteiger partial charge in [0.1, 0.15) is 16.1 Å². The summed E-state index contributed by atoms with van der Waals surface area (Å²) in [6, 6.07) is 12.4. The van der Waals surface area contributed by atoms with Crippen molar-refractivity contribution in [1.82, 2.24) is 14.8 Å². The maximum absolute atomic E-state index is 13.7. The fraction of sp³-hybridized carbons (Fsp3) is 0.417. The van der Waals surface area contributed by atoms with E-state index in [2.05, 4.69) is 11.4 Å². The minimum atomic E-state index is -0.938. The first kappa shape index (κ1) is 19.4. The van der Waals surface area contributed by atoms with Crippen LogP contribution in [0.2, 0.25) is 0 Å². The van der Waals surface area contributed by atoms with E-state index in [1.807, 2.05) is 54.1 Å². The Morgan fingerprint density at radius 1 is 1.23 bits per heavy atom. The van der Waals surface area contributed by atoms with Gasteiger partial charge in [0.05, 0.1) is 6.54 Å². The van der Waals surface area contributed by atoms with E-state index in [1.165, 1.54) is 0 Å². The maximum Gasteiger partial charge on any atom is 0.271 e.